The molecule has 0 saturated carbocycles. The summed E-state index contributed by atoms with van der Waals surface area (Å²) < 4.78 is 38.3. The Labute approximate surface area is 100 Å². The van der Waals surface area contributed by atoms with Crippen molar-refractivity contribution in [3.63, 3.8) is 0 Å². The Morgan fingerprint density at radius 1 is 1.33 bits per heavy atom. The third-order valence-electron chi connectivity index (χ3n) is 2.32. The molecule has 0 aliphatic carbocycles. The van der Waals surface area contributed by atoms with Crippen molar-refractivity contribution >= 4 is 5.69 Å². The molecule has 2 rings (SSSR count). The minimum absolute atomic E-state index is 0.240. The van der Waals surface area contributed by atoms with E-state index in [1.807, 2.05) is 6.07 Å². The lowest BCUT2D eigenvalue weighted by molar-refractivity contribution is -0.137. The molecule has 0 spiro atoms. The van der Waals surface area contributed by atoms with Crippen molar-refractivity contribution in [2.24, 2.45) is 0 Å². The summed E-state index contributed by atoms with van der Waals surface area (Å²) >= 11 is 0. The highest BCUT2D eigenvalue weighted by molar-refractivity contribution is 5.60. The Morgan fingerprint density at radius 3 is 2.61 bits per heavy atom. The predicted octanol–water partition coefficient (Wildman–Crippen LogP) is 2.34. The molecule has 1 heterocycles. The molecule has 0 aliphatic rings. The predicted molar refractivity (Wildman–Crippen MR) is 57.7 cm³/mol. The van der Waals surface area contributed by atoms with Crippen LogP contribution in [-0.2, 0) is 6.18 Å². The van der Waals surface area contributed by atoms with Crippen molar-refractivity contribution < 1.29 is 13.2 Å². The smallest absolute Gasteiger partial charge is 0.397 e. The summed E-state index contributed by atoms with van der Waals surface area (Å²) in [5, 5.41) is 12.3. The molecule has 0 bridgehead atoms. The fourth-order valence-electron chi connectivity index (χ4n) is 1.41. The van der Waals surface area contributed by atoms with Gasteiger partial charge >= 0.3 is 6.18 Å². The molecule has 0 atom stereocenters. The molecule has 1 aromatic carbocycles. The van der Waals surface area contributed by atoms with E-state index in [0.29, 0.717) is 11.8 Å². The van der Waals surface area contributed by atoms with Crippen molar-refractivity contribution in [1.29, 1.82) is 5.26 Å². The van der Waals surface area contributed by atoms with Crippen LogP contribution in [0.1, 0.15) is 11.1 Å². The number of benzene rings is 1. The van der Waals surface area contributed by atoms with Crippen LogP contribution in [0.2, 0.25) is 0 Å². The standard InChI is InChI=1S/C11H7F3N4/c12-11(13,14)8-5-17-18(6-8)10-3-7(4-15)1-2-9(10)16/h1-3,5-6H,16H2. The molecule has 0 unspecified atom stereocenters. The van der Waals surface area contributed by atoms with Gasteiger partial charge in [-0.2, -0.15) is 23.5 Å². The second-order valence-corrected chi connectivity index (χ2v) is 3.56. The van der Waals surface area contributed by atoms with Gasteiger partial charge < -0.3 is 5.73 Å². The second-order valence-electron chi connectivity index (χ2n) is 3.56. The summed E-state index contributed by atoms with van der Waals surface area (Å²) in [5.74, 6) is 0. The average molecular weight is 252 g/mol. The van der Waals surface area contributed by atoms with E-state index >= 15 is 0 Å². The number of nitrogen functional groups attached to an aromatic ring is 1. The summed E-state index contributed by atoms with van der Waals surface area (Å²) in [5.41, 5.74) is 5.55. The number of nitrogens with two attached hydrogens (primary N) is 1. The molecule has 2 aromatic rings. The van der Waals surface area contributed by atoms with E-state index in [1.165, 1.54) is 18.2 Å². The van der Waals surface area contributed by atoms with Crippen molar-refractivity contribution in [3.05, 3.63) is 41.7 Å². The van der Waals surface area contributed by atoms with Crippen LogP contribution in [0, 0.1) is 11.3 Å². The van der Waals surface area contributed by atoms with Gasteiger partial charge in [0.1, 0.15) is 0 Å². The van der Waals surface area contributed by atoms with E-state index in [1.54, 1.807) is 0 Å². The van der Waals surface area contributed by atoms with E-state index < -0.39 is 11.7 Å². The maximum Gasteiger partial charge on any atom is 0.419 e. The first-order valence-corrected chi connectivity index (χ1v) is 4.83. The lowest BCUT2D eigenvalue weighted by Gasteiger charge is -2.06. The highest BCUT2D eigenvalue weighted by Gasteiger charge is 2.32. The molecule has 0 amide bonds. The van der Waals surface area contributed by atoms with Crippen LogP contribution in [0.5, 0.6) is 0 Å². The average Bonchev–Trinajstić information content (AvgIpc) is 2.78. The molecule has 0 fully saturated rings. The normalized spacial score (nSPS) is 11.2. The van der Waals surface area contributed by atoms with Crippen molar-refractivity contribution in [1.82, 2.24) is 9.78 Å². The van der Waals surface area contributed by atoms with Gasteiger partial charge in [-0.15, -0.1) is 0 Å². The number of halogens is 3. The Hall–Kier alpha value is -2.49. The topological polar surface area (TPSA) is 67.6 Å². The first-order valence-electron chi connectivity index (χ1n) is 4.83. The maximum atomic E-state index is 12.4. The van der Waals surface area contributed by atoms with E-state index in [4.69, 9.17) is 11.0 Å². The zero-order chi connectivity index (χ0) is 13.3. The van der Waals surface area contributed by atoms with E-state index in [0.717, 1.165) is 10.9 Å². The number of hydrogen-bond acceptors (Lipinski definition) is 3. The Morgan fingerprint density at radius 2 is 2.06 bits per heavy atom. The van der Waals surface area contributed by atoms with E-state index in [-0.39, 0.29) is 11.4 Å². The van der Waals surface area contributed by atoms with Crippen LogP contribution in [-0.4, -0.2) is 9.78 Å². The number of nitriles is 1. The van der Waals surface area contributed by atoms with Crippen molar-refractivity contribution in [2.45, 2.75) is 6.18 Å². The second kappa shape index (κ2) is 4.07. The zero-order valence-corrected chi connectivity index (χ0v) is 8.94. The summed E-state index contributed by atoms with van der Waals surface area (Å²) in [7, 11) is 0. The maximum absolute atomic E-state index is 12.4. The minimum atomic E-state index is -4.46. The Kier molecular flexibility index (Phi) is 2.71. The molecule has 1 aromatic heterocycles. The number of anilines is 1. The first-order chi connectivity index (χ1) is 8.41. The molecule has 2 N–H and O–H groups in total. The summed E-state index contributed by atoms with van der Waals surface area (Å²) in [6.45, 7) is 0. The van der Waals surface area contributed by atoms with Crippen molar-refractivity contribution in [3.8, 4) is 11.8 Å². The van der Waals surface area contributed by atoms with Gasteiger partial charge in [-0.25, -0.2) is 4.68 Å². The number of alkyl halides is 3. The molecular weight excluding hydrogens is 245 g/mol. The molecule has 0 aliphatic heterocycles. The third-order valence-corrected chi connectivity index (χ3v) is 2.32. The van der Waals surface area contributed by atoms with Crippen molar-refractivity contribution in [2.75, 3.05) is 5.73 Å². The summed E-state index contributed by atoms with van der Waals surface area (Å²) in [6, 6.07) is 6.19. The third kappa shape index (κ3) is 2.13. The molecule has 0 radical (unpaired) electrons. The zero-order valence-electron chi connectivity index (χ0n) is 8.94. The van der Waals surface area contributed by atoms with Gasteiger partial charge in [0.2, 0.25) is 0 Å². The van der Waals surface area contributed by atoms with Crippen LogP contribution in [0.4, 0.5) is 18.9 Å². The summed E-state index contributed by atoms with van der Waals surface area (Å²) in [4.78, 5) is 0. The Balaban J connectivity index is 2.50. The van der Waals surface area contributed by atoms with Crippen LogP contribution in [0.15, 0.2) is 30.6 Å². The minimum Gasteiger partial charge on any atom is -0.397 e. The lowest BCUT2D eigenvalue weighted by Crippen LogP contribution is -2.04. The van der Waals surface area contributed by atoms with Gasteiger partial charge in [0.05, 0.1) is 34.8 Å². The van der Waals surface area contributed by atoms with Gasteiger partial charge in [-0.05, 0) is 18.2 Å². The molecular formula is C11H7F3N4. The van der Waals surface area contributed by atoms with Gasteiger partial charge in [-0.1, -0.05) is 0 Å². The van der Waals surface area contributed by atoms with E-state index in [2.05, 4.69) is 5.10 Å². The van der Waals surface area contributed by atoms with Crippen LogP contribution < -0.4 is 5.73 Å². The van der Waals surface area contributed by atoms with Gasteiger partial charge in [0.25, 0.3) is 0 Å². The highest BCUT2D eigenvalue weighted by Crippen LogP contribution is 2.29. The first kappa shape index (κ1) is 12.0. The van der Waals surface area contributed by atoms with E-state index in [9.17, 15) is 13.2 Å². The Bertz CT molecular complexity index is 622. The SMILES string of the molecule is N#Cc1ccc(N)c(-n2cc(C(F)(F)F)cn2)c1. The number of rotatable bonds is 1. The summed E-state index contributed by atoms with van der Waals surface area (Å²) in [6.07, 6.45) is -2.93. The fourth-order valence-corrected chi connectivity index (χ4v) is 1.41. The molecule has 18 heavy (non-hydrogen) atoms. The van der Waals surface area contributed by atoms with Crippen LogP contribution in [0.25, 0.3) is 5.69 Å². The molecule has 4 nitrogen and oxygen atoms in total. The fraction of sp³-hybridized carbons (Fsp3) is 0.0909. The largest absolute Gasteiger partial charge is 0.419 e. The lowest BCUT2D eigenvalue weighted by atomic mass is 10.2. The monoisotopic (exact) mass is 252 g/mol. The quantitative estimate of drug-likeness (QED) is 0.792. The number of nitrogens with zero attached hydrogens (tertiary/aromatic N) is 3. The number of aromatic nitrogens is 2. The molecule has 92 valence electrons. The van der Waals surface area contributed by atoms with Gasteiger partial charge in [-0.3, -0.25) is 0 Å². The van der Waals surface area contributed by atoms with Crippen LogP contribution >= 0.6 is 0 Å². The number of hydrogen-bond donors (Lipinski definition) is 1. The highest BCUT2D eigenvalue weighted by atomic mass is 19.4. The van der Waals surface area contributed by atoms with Crippen LogP contribution in [0.3, 0.4) is 0 Å². The van der Waals surface area contributed by atoms with Gasteiger partial charge in [0, 0.05) is 6.20 Å². The van der Waals surface area contributed by atoms with Gasteiger partial charge in [0.15, 0.2) is 0 Å². The molecule has 0 saturated heterocycles. The molecule has 7 heteroatoms.